The predicted molar refractivity (Wildman–Crippen MR) is 76.7 cm³/mol. The topological polar surface area (TPSA) is 44.7 Å². The summed E-state index contributed by atoms with van der Waals surface area (Å²) in [5, 5.41) is 13.4. The number of hydrogen-bond acceptors (Lipinski definition) is 4. The highest BCUT2D eigenvalue weighted by Gasteiger charge is 2.25. The van der Waals surface area contributed by atoms with Crippen molar-refractivity contribution < 1.29 is 9.84 Å². The first-order valence-electron chi connectivity index (χ1n) is 6.92. The van der Waals surface area contributed by atoms with Gasteiger partial charge in [-0.25, -0.2) is 0 Å². The van der Waals surface area contributed by atoms with Gasteiger partial charge in [0.25, 0.3) is 0 Å². The van der Waals surface area contributed by atoms with Crippen molar-refractivity contribution >= 4 is 0 Å². The number of aromatic hydroxyl groups is 1. The zero-order chi connectivity index (χ0) is 13.8. The molecular formula is C15H24N2O2. The number of methoxy groups -OCH3 is 1. The monoisotopic (exact) mass is 264 g/mol. The Labute approximate surface area is 115 Å². The Morgan fingerprint density at radius 2 is 2.21 bits per heavy atom. The molecule has 0 aromatic heterocycles. The average molecular weight is 264 g/mol. The van der Waals surface area contributed by atoms with Crippen LogP contribution in [0.4, 0.5) is 0 Å². The fraction of sp³-hybridized carbons (Fsp3) is 0.600. The Hall–Kier alpha value is -1.26. The lowest BCUT2D eigenvalue weighted by Crippen LogP contribution is -2.32. The highest BCUT2D eigenvalue weighted by molar-refractivity contribution is 5.41. The number of benzene rings is 1. The molecule has 0 spiro atoms. The molecule has 0 saturated heterocycles. The van der Waals surface area contributed by atoms with Gasteiger partial charge in [-0.2, -0.15) is 0 Å². The number of hydrogen-bond donors (Lipinski definition) is 2. The van der Waals surface area contributed by atoms with Crippen LogP contribution in [0.5, 0.6) is 11.5 Å². The van der Waals surface area contributed by atoms with E-state index < -0.39 is 0 Å². The lowest BCUT2D eigenvalue weighted by molar-refractivity contribution is 0.315. The number of ether oxygens (including phenoxy) is 1. The Morgan fingerprint density at radius 1 is 1.47 bits per heavy atom. The third kappa shape index (κ3) is 3.85. The molecule has 1 aromatic carbocycles. The molecular weight excluding hydrogens is 240 g/mol. The van der Waals surface area contributed by atoms with E-state index in [0.29, 0.717) is 5.75 Å². The van der Waals surface area contributed by atoms with Crippen molar-refractivity contribution in [2.75, 3.05) is 27.2 Å². The van der Waals surface area contributed by atoms with Crippen molar-refractivity contribution in [2.45, 2.75) is 31.8 Å². The fourth-order valence-electron chi connectivity index (χ4n) is 2.28. The summed E-state index contributed by atoms with van der Waals surface area (Å²) in [5.41, 5.74) is 0.912. The zero-order valence-electron chi connectivity index (χ0n) is 12.0. The van der Waals surface area contributed by atoms with E-state index in [1.165, 1.54) is 12.8 Å². The van der Waals surface area contributed by atoms with Crippen LogP contribution >= 0.6 is 0 Å². The normalized spacial score (nSPS) is 16.6. The van der Waals surface area contributed by atoms with Crippen LogP contribution in [0.25, 0.3) is 0 Å². The van der Waals surface area contributed by atoms with Gasteiger partial charge in [-0.1, -0.05) is 6.07 Å². The molecule has 2 rings (SSSR count). The van der Waals surface area contributed by atoms with Crippen LogP contribution < -0.4 is 10.1 Å². The van der Waals surface area contributed by atoms with E-state index in [2.05, 4.69) is 24.2 Å². The first kappa shape index (κ1) is 14.2. The highest BCUT2D eigenvalue weighted by atomic mass is 16.5. The Bertz CT molecular complexity index is 419. The van der Waals surface area contributed by atoms with Crippen LogP contribution in [-0.2, 0) is 0 Å². The number of likely N-dealkylation sites (N-methyl/N-ethyl adjacent to an activating group) is 1. The van der Waals surface area contributed by atoms with E-state index in [-0.39, 0.29) is 11.8 Å². The molecule has 1 saturated carbocycles. The Kier molecular flexibility index (Phi) is 4.66. The minimum Gasteiger partial charge on any atom is -0.507 e. The molecule has 1 atom stereocenters. The summed E-state index contributed by atoms with van der Waals surface area (Å²) in [6, 6.07) is 6.38. The first-order chi connectivity index (χ1) is 9.11. The summed E-state index contributed by atoms with van der Waals surface area (Å²) in [6.45, 7) is 4.05. The molecule has 19 heavy (non-hydrogen) atoms. The van der Waals surface area contributed by atoms with Gasteiger partial charge < -0.3 is 20.1 Å². The number of nitrogens with zero attached hydrogens (tertiary/aromatic N) is 1. The largest absolute Gasteiger partial charge is 0.507 e. The molecule has 0 aliphatic heterocycles. The molecule has 2 N–H and O–H groups in total. The van der Waals surface area contributed by atoms with Crippen molar-refractivity contribution in [2.24, 2.45) is 0 Å². The van der Waals surface area contributed by atoms with E-state index in [9.17, 15) is 5.11 Å². The van der Waals surface area contributed by atoms with Crippen LogP contribution in [0.3, 0.4) is 0 Å². The maximum absolute atomic E-state index is 9.97. The molecule has 0 radical (unpaired) electrons. The SMILES string of the molecule is COc1ccc(C(C)NCCN(C)C2CC2)c(O)c1. The van der Waals surface area contributed by atoms with Crippen molar-refractivity contribution in [1.29, 1.82) is 0 Å². The molecule has 1 aliphatic rings. The average Bonchev–Trinajstić information content (AvgIpc) is 3.22. The Morgan fingerprint density at radius 3 is 2.79 bits per heavy atom. The molecule has 4 nitrogen and oxygen atoms in total. The maximum atomic E-state index is 9.97. The zero-order valence-corrected chi connectivity index (χ0v) is 12.0. The summed E-state index contributed by atoms with van der Waals surface area (Å²) in [6.07, 6.45) is 2.68. The molecule has 1 aliphatic carbocycles. The van der Waals surface area contributed by atoms with Gasteiger partial charge in [0.05, 0.1) is 7.11 Å². The van der Waals surface area contributed by atoms with Gasteiger partial charge in [-0.05, 0) is 32.9 Å². The smallest absolute Gasteiger partial charge is 0.124 e. The standard InChI is InChI=1S/C15H24N2O2/c1-11(16-8-9-17(2)12-4-5-12)14-7-6-13(19-3)10-15(14)18/h6-7,10-12,16,18H,4-5,8-9H2,1-3H3. The number of nitrogens with one attached hydrogen (secondary N) is 1. The second-order valence-electron chi connectivity index (χ2n) is 5.31. The Balaban J connectivity index is 1.83. The van der Waals surface area contributed by atoms with E-state index in [1.807, 2.05) is 12.1 Å². The minimum atomic E-state index is 0.138. The maximum Gasteiger partial charge on any atom is 0.124 e. The van der Waals surface area contributed by atoms with Crippen LogP contribution in [-0.4, -0.2) is 43.3 Å². The number of phenols is 1. The summed E-state index contributed by atoms with van der Waals surface area (Å²) in [5.74, 6) is 0.969. The van der Waals surface area contributed by atoms with Gasteiger partial charge in [0, 0.05) is 36.8 Å². The van der Waals surface area contributed by atoms with E-state index in [0.717, 1.165) is 24.7 Å². The third-order valence-electron chi connectivity index (χ3n) is 3.79. The van der Waals surface area contributed by atoms with Gasteiger partial charge in [0.2, 0.25) is 0 Å². The molecule has 0 heterocycles. The lowest BCUT2D eigenvalue weighted by atomic mass is 10.1. The molecule has 1 fully saturated rings. The van der Waals surface area contributed by atoms with Crippen molar-refractivity contribution in [3.05, 3.63) is 23.8 Å². The van der Waals surface area contributed by atoms with Crippen molar-refractivity contribution in [1.82, 2.24) is 10.2 Å². The van der Waals surface area contributed by atoms with Gasteiger partial charge >= 0.3 is 0 Å². The second-order valence-corrected chi connectivity index (χ2v) is 5.31. The van der Waals surface area contributed by atoms with E-state index in [1.54, 1.807) is 13.2 Å². The fourth-order valence-corrected chi connectivity index (χ4v) is 2.28. The number of rotatable bonds is 7. The summed E-state index contributed by atoms with van der Waals surface area (Å²) < 4.78 is 5.09. The number of phenolic OH excluding ortho intramolecular Hbond substituents is 1. The third-order valence-corrected chi connectivity index (χ3v) is 3.79. The van der Waals surface area contributed by atoms with Gasteiger partial charge in [-0.15, -0.1) is 0 Å². The molecule has 0 amide bonds. The molecule has 106 valence electrons. The summed E-state index contributed by atoms with van der Waals surface area (Å²) >= 11 is 0. The van der Waals surface area contributed by atoms with Crippen LogP contribution in [0.2, 0.25) is 0 Å². The van der Waals surface area contributed by atoms with E-state index in [4.69, 9.17) is 4.74 Å². The highest BCUT2D eigenvalue weighted by Crippen LogP contribution is 2.28. The van der Waals surface area contributed by atoms with Crippen molar-refractivity contribution in [3.63, 3.8) is 0 Å². The summed E-state index contributed by atoms with van der Waals surface area (Å²) in [4.78, 5) is 2.40. The van der Waals surface area contributed by atoms with E-state index >= 15 is 0 Å². The van der Waals surface area contributed by atoms with Crippen LogP contribution in [0.15, 0.2) is 18.2 Å². The van der Waals surface area contributed by atoms with Gasteiger partial charge in [-0.3, -0.25) is 0 Å². The van der Waals surface area contributed by atoms with Gasteiger partial charge in [0.1, 0.15) is 11.5 Å². The molecule has 1 aromatic rings. The molecule has 4 heteroatoms. The lowest BCUT2D eigenvalue weighted by Gasteiger charge is -2.20. The minimum absolute atomic E-state index is 0.138. The van der Waals surface area contributed by atoms with Gasteiger partial charge in [0.15, 0.2) is 0 Å². The quantitative estimate of drug-likeness (QED) is 0.792. The molecule has 0 bridgehead atoms. The first-order valence-corrected chi connectivity index (χ1v) is 6.92. The molecule has 1 unspecified atom stereocenters. The summed E-state index contributed by atoms with van der Waals surface area (Å²) in [7, 11) is 3.78. The van der Waals surface area contributed by atoms with Crippen molar-refractivity contribution in [3.8, 4) is 11.5 Å². The van der Waals surface area contributed by atoms with Crippen LogP contribution in [0, 0.1) is 0 Å². The van der Waals surface area contributed by atoms with Crippen LogP contribution in [0.1, 0.15) is 31.4 Å². The second kappa shape index (κ2) is 6.26. The predicted octanol–water partition coefficient (Wildman–Crippen LogP) is 2.15.